The van der Waals surface area contributed by atoms with E-state index in [1.54, 1.807) is 11.0 Å². The van der Waals surface area contributed by atoms with Gasteiger partial charge in [0.05, 0.1) is 25.1 Å². The summed E-state index contributed by atoms with van der Waals surface area (Å²) in [5.74, 6) is -3.55. The summed E-state index contributed by atoms with van der Waals surface area (Å²) in [6.07, 6.45) is 5.03. The van der Waals surface area contributed by atoms with Gasteiger partial charge in [-0.2, -0.15) is 0 Å². The fourth-order valence-electron chi connectivity index (χ4n) is 7.18. The van der Waals surface area contributed by atoms with Crippen LogP contribution in [0.4, 0.5) is 0 Å². The predicted octanol–water partition coefficient (Wildman–Crippen LogP) is 3.64. The molecule has 2 fully saturated rings. The molecule has 1 spiro atoms. The summed E-state index contributed by atoms with van der Waals surface area (Å²) in [6, 6.07) is 7.37. The van der Waals surface area contributed by atoms with Crippen LogP contribution in [0.3, 0.4) is 0 Å². The number of aliphatic hydroxyl groups excluding tert-OH is 1. The number of hydrogen-bond acceptors (Lipinski definition) is 7. The van der Waals surface area contributed by atoms with Gasteiger partial charge in [0.15, 0.2) is 0 Å². The Morgan fingerprint density at radius 3 is 2.44 bits per heavy atom. The van der Waals surface area contributed by atoms with E-state index in [0.717, 1.165) is 0 Å². The maximum atomic E-state index is 14.8. The molecule has 4 aliphatic heterocycles. The number of nitrogens with zero attached hydrogens (tertiary/aromatic N) is 2. The summed E-state index contributed by atoms with van der Waals surface area (Å²) >= 11 is 3.59. The molecule has 45 heavy (non-hydrogen) atoms. The molecule has 0 aromatic heterocycles. The molecule has 0 saturated carbocycles. The second-order valence-electron chi connectivity index (χ2n) is 13.8. The Morgan fingerprint density at radius 1 is 1.09 bits per heavy atom. The van der Waals surface area contributed by atoms with Crippen LogP contribution in [-0.2, 0) is 28.7 Å². The summed E-state index contributed by atoms with van der Waals surface area (Å²) in [5, 5.41) is 13.5. The van der Waals surface area contributed by atoms with Crippen LogP contribution in [0, 0.1) is 17.8 Å². The second-order valence-corrected chi connectivity index (χ2v) is 14.7. The van der Waals surface area contributed by atoms with Crippen LogP contribution < -0.4 is 5.32 Å². The highest BCUT2D eigenvalue weighted by atomic mass is 79.9. The minimum atomic E-state index is -1.44. The van der Waals surface area contributed by atoms with E-state index < -0.39 is 59.1 Å². The van der Waals surface area contributed by atoms with Crippen LogP contribution in [0.2, 0.25) is 0 Å². The van der Waals surface area contributed by atoms with Gasteiger partial charge in [-0.3, -0.25) is 19.2 Å². The third-order valence-electron chi connectivity index (χ3n) is 9.20. The zero-order chi connectivity index (χ0) is 32.7. The van der Waals surface area contributed by atoms with E-state index in [9.17, 15) is 24.3 Å². The highest BCUT2D eigenvalue weighted by molar-refractivity contribution is 9.11. The Labute approximate surface area is 273 Å². The third kappa shape index (κ3) is 6.23. The number of cyclic esters (lactones) is 1. The molecule has 1 aromatic carbocycles. The summed E-state index contributed by atoms with van der Waals surface area (Å²) in [7, 11) is 0. The summed E-state index contributed by atoms with van der Waals surface area (Å²) in [5.41, 5.74) is -1.39. The molecule has 4 aliphatic rings. The Balaban J connectivity index is 1.64. The normalized spacial score (nSPS) is 32.4. The lowest BCUT2D eigenvalue weighted by molar-refractivity contribution is -0.161. The van der Waals surface area contributed by atoms with Crippen molar-refractivity contribution in [2.75, 3.05) is 19.7 Å². The number of ether oxygens (including phenoxy) is 2. The van der Waals surface area contributed by atoms with E-state index in [2.05, 4.69) is 21.2 Å². The van der Waals surface area contributed by atoms with Crippen molar-refractivity contribution in [1.29, 1.82) is 0 Å². The number of rotatable bonds is 5. The van der Waals surface area contributed by atoms with Crippen LogP contribution in [0.15, 0.2) is 53.0 Å². The molecule has 2 saturated heterocycles. The molecule has 0 aliphatic carbocycles. The first-order valence-corrected chi connectivity index (χ1v) is 16.6. The van der Waals surface area contributed by atoms with Crippen molar-refractivity contribution in [3.8, 4) is 0 Å². The molecule has 11 heteroatoms. The molecular formula is C34H44BrN3O7. The fraction of sp³-hybridized carbons (Fsp3) is 0.588. The van der Waals surface area contributed by atoms with Crippen molar-refractivity contribution in [1.82, 2.24) is 15.1 Å². The van der Waals surface area contributed by atoms with E-state index in [-0.39, 0.29) is 43.8 Å². The molecule has 2 N–H and O–H groups in total. The number of nitrogens with one attached hydrogen (secondary N) is 1. The van der Waals surface area contributed by atoms with Gasteiger partial charge in [0, 0.05) is 23.0 Å². The number of halogens is 1. The molecule has 5 bridgehead atoms. The van der Waals surface area contributed by atoms with Gasteiger partial charge in [-0.1, -0.05) is 72.3 Å². The van der Waals surface area contributed by atoms with Crippen LogP contribution in [0.1, 0.15) is 65.5 Å². The van der Waals surface area contributed by atoms with Gasteiger partial charge < -0.3 is 29.7 Å². The highest BCUT2D eigenvalue weighted by Crippen LogP contribution is 2.59. The molecule has 3 amide bonds. The molecule has 0 unspecified atom stereocenters. The molecule has 4 heterocycles. The smallest absolute Gasteiger partial charge is 0.313 e. The number of carbonyl (C=O) groups excluding carboxylic acids is 4. The molecule has 5 rings (SSSR count). The van der Waals surface area contributed by atoms with Gasteiger partial charge in [-0.05, 0) is 51.2 Å². The third-order valence-corrected chi connectivity index (χ3v) is 9.88. The average molecular weight is 687 g/mol. The highest BCUT2D eigenvalue weighted by Gasteiger charge is 2.75. The van der Waals surface area contributed by atoms with Crippen molar-refractivity contribution < 1.29 is 33.8 Å². The Kier molecular flexibility index (Phi) is 9.63. The first kappa shape index (κ1) is 33.3. The van der Waals surface area contributed by atoms with E-state index in [1.165, 1.54) is 4.90 Å². The van der Waals surface area contributed by atoms with Crippen LogP contribution in [-0.4, -0.2) is 87.6 Å². The summed E-state index contributed by atoms with van der Waals surface area (Å²) in [6.45, 7) is 9.72. The van der Waals surface area contributed by atoms with Crippen LogP contribution in [0.25, 0.3) is 0 Å². The molecule has 1 aromatic rings. The largest absolute Gasteiger partial charge is 0.455 e. The Morgan fingerprint density at radius 2 is 1.80 bits per heavy atom. The number of hydrogen-bond donors (Lipinski definition) is 2. The standard InChI is InChI=1S/C34H44BrN3O7/c1-20(2)16-22(19-39)38-29-31(42)37(33(3,4)5)15-11-7-10-14-25(40)36-18-24(21-12-8-6-9-13-21)44-32(43)26-27(30(38)41)34(29)17-23(35)28(26)45-34/h6-9,11-13,17,20,22,24,26-29,39H,10,14-16,18-19H2,1-5H3,(H,36,40)/b11-7-/t22-,24+,26+,27-,28+,29+,34-/m1/s1. The number of carbonyl (C=O) groups is 4. The second kappa shape index (κ2) is 13.0. The lowest BCUT2D eigenvalue weighted by Crippen LogP contribution is -2.61. The fourth-order valence-corrected chi connectivity index (χ4v) is 7.92. The Hall–Kier alpha value is -3.02. The van der Waals surface area contributed by atoms with Crippen molar-refractivity contribution in [3.05, 3.63) is 58.6 Å². The van der Waals surface area contributed by atoms with E-state index in [1.807, 2.05) is 77.1 Å². The zero-order valence-electron chi connectivity index (χ0n) is 26.6. The van der Waals surface area contributed by atoms with E-state index in [4.69, 9.17) is 9.47 Å². The molecule has 7 atom stereocenters. The summed E-state index contributed by atoms with van der Waals surface area (Å²) in [4.78, 5) is 59.5. The van der Waals surface area contributed by atoms with E-state index in [0.29, 0.717) is 22.9 Å². The van der Waals surface area contributed by atoms with Gasteiger partial charge in [-0.15, -0.1) is 0 Å². The van der Waals surface area contributed by atoms with Crippen LogP contribution >= 0.6 is 15.9 Å². The Bertz CT molecular complexity index is 1370. The van der Waals surface area contributed by atoms with Gasteiger partial charge in [0.1, 0.15) is 29.8 Å². The first-order valence-electron chi connectivity index (χ1n) is 15.8. The SMILES string of the molecule is CC(C)C[C@H](CO)N1C(=O)[C@H]2[C@@H]3C(=O)O[C@H](c4ccccc4)CNC(=O)CC/C=C\CN(C(C)(C)C)C(=O)[C@H]1[C@@]21C=C(Br)[C@@H]3O1. The number of amides is 3. The monoisotopic (exact) mass is 685 g/mol. The molecular weight excluding hydrogens is 642 g/mol. The van der Waals surface area contributed by atoms with Crippen molar-refractivity contribution in [2.24, 2.45) is 17.8 Å². The lowest BCUT2D eigenvalue weighted by atomic mass is 9.74. The maximum Gasteiger partial charge on any atom is 0.313 e. The van der Waals surface area contributed by atoms with Crippen molar-refractivity contribution >= 4 is 39.6 Å². The van der Waals surface area contributed by atoms with Gasteiger partial charge in [0.25, 0.3) is 0 Å². The molecule has 10 nitrogen and oxygen atoms in total. The lowest BCUT2D eigenvalue weighted by Gasteiger charge is -2.43. The molecule has 244 valence electrons. The first-order chi connectivity index (χ1) is 21.3. The van der Waals surface area contributed by atoms with Gasteiger partial charge in [-0.25, -0.2) is 0 Å². The van der Waals surface area contributed by atoms with Crippen LogP contribution in [0.5, 0.6) is 0 Å². The topological polar surface area (TPSA) is 125 Å². The summed E-state index contributed by atoms with van der Waals surface area (Å²) < 4.78 is 13.3. The maximum absolute atomic E-state index is 14.8. The van der Waals surface area contributed by atoms with Gasteiger partial charge >= 0.3 is 5.97 Å². The quantitative estimate of drug-likeness (QED) is 0.358. The zero-order valence-corrected chi connectivity index (χ0v) is 28.2. The number of benzene rings is 1. The van der Waals surface area contributed by atoms with Gasteiger partial charge in [0.2, 0.25) is 17.7 Å². The van der Waals surface area contributed by atoms with E-state index >= 15 is 0 Å². The molecule has 0 radical (unpaired) electrons. The minimum Gasteiger partial charge on any atom is -0.455 e. The number of fused-ring (bicyclic) bond motifs is 2. The number of allylic oxidation sites excluding steroid dienone is 1. The minimum absolute atomic E-state index is 0.0589. The average Bonchev–Trinajstić information content (AvgIpc) is 3.57. The van der Waals surface area contributed by atoms with Crippen molar-refractivity contribution in [2.45, 2.75) is 89.3 Å². The number of likely N-dealkylation sites (tertiary alicyclic amines) is 1. The number of aliphatic hydroxyl groups is 1. The predicted molar refractivity (Wildman–Crippen MR) is 171 cm³/mol. The number of esters is 1. The van der Waals surface area contributed by atoms with Crippen molar-refractivity contribution in [3.63, 3.8) is 0 Å².